The number of rotatable bonds is 5. The van der Waals surface area contributed by atoms with Crippen molar-refractivity contribution in [1.82, 2.24) is 0 Å². The summed E-state index contributed by atoms with van der Waals surface area (Å²) in [6.45, 7) is 1.56. The van der Waals surface area contributed by atoms with Crippen molar-refractivity contribution >= 4 is 11.8 Å². The molecule has 0 saturated heterocycles. The molecule has 0 bridgehead atoms. The van der Waals surface area contributed by atoms with Gasteiger partial charge in [-0.2, -0.15) is 0 Å². The minimum Gasteiger partial charge on any atom is -0.493 e. The minimum atomic E-state index is -0.695. The molecule has 8 heteroatoms. The van der Waals surface area contributed by atoms with Gasteiger partial charge in [-0.3, -0.25) is 20.2 Å². The van der Waals surface area contributed by atoms with Crippen molar-refractivity contribution in [3.05, 3.63) is 43.6 Å². The second-order valence-corrected chi connectivity index (χ2v) is 3.53. The number of nitrogens with zero attached hydrogens (tertiary/aromatic N) is 2. The fraction of sp³-hybridized carbons (Fsp3) is 0.273. The zero-order valence-electron chi connectivity index (χ0n) is 10.6. The lowest BCUT2D eigenvalue weighted by Gasteiger charge is -2.12. The Hall–Kier alpha value is -2.64. The first-order chi connectivity index (χ1) is 8.92. The van der Waals surface area contributed by atoms with E-state index in [9.17, 15) is 20.2 Å². The van der Waals surface area contributed by atoms with Crippen LogP contribution >= 0.6 is 0 Å². The molecule has 1 rings (SSSR count). The molecular formula is C11H12N2O6. The fourth-order valence-corrected chi connectivity index (χ4v) is 1.67. The van der Waals surface area contributed by atoms with Crippen LogP contribution in [0.3, 0.4) is 0 Å². The van der Waals surface area contributed by atoms with Gasteiger partial charge < -0.3 is 9.47 Å². The number of hydrogen-bond acceptors (Lipinski definition) is 6. The second-order valence-electron chi connectivity index (χ2n) is 3.53. The van der Waals surface area contributed by atoms with E-state index in [2.05, 4.69) is 0 Å². The minimum absolute atomic E-state index is 0.111. The Morgan fingerprint density at radius 3 is 2.26 bits per heavy atom. The molecule has 0 fully saturated rings. The molecule has 0 heterocycles. The summed E-state index contributed by atoms with van der Waals surface area (Å²) in [4.78, 5) is 20.0. The first-order valence-corrected chi connectivity index (χ1v) is 5.14. The molecule has 1 aromatic rings. The van der Waals surface area contributed by atoms with Crippen LogP contribution in [0, 0.1) is 27.2 Å². The maximum atomic E-state index is 11.0. The molecule has 0 aliphatic carbocycles. The number of nitro benzene ring substituents is 1. The van der Waals surface area contributed by atoms with Crippen LogP contribution in [0.5, 0.6) is 11.5 Å². The number of hydrogen-bond donors (Lipinski definition) is 0. The molecule has 0 aliphatic heterocycles. The van der Waals surface area contributed by atoms with Gasteiger partial charge in [0.15, 0.2) is 11.5 Å². The van der Waals surface area contributed by atoms with Gasteiger partial charge in [0.05, 0.1) is 35.7 Å². The number of nitro groups is 2. The van der Waals surface area contributed by atoms with Gasteiger partial charge in [0.1, 0.15) is 0 Å². The summed E-state index contributed by atoms with van der Waals surface area (Å²) in [6, 6.07) is 1.17. The first-order valence-electron chi connectivity index (χ1n) is 5.14. The lowest BCUT2D eigenvalue weighted by molar-refractivity contribution is -0.401. The standard InChI is InChI=1S/C11H12N2O6/c1-7-8(4-5-12(14)15)9(13(16)17)6-10(18-2)11(7)19-3/h4-6H,1-3H3/b5-4+. The molecule has 0 spiro atoms. The summed E-state index contributed by atoms with van der Waals surface area (Å²) in [5.41, 5.74) is 0.222. The normalized spacial score (nSPS) is 10.5. The van der Waals surface area contributed by atoms with E-state index in [4.69, 9.17) is 9.47 Å². The Morgan fingerprint density at radius 1 is 1.21 bits per heavy atom. The van der Waals surface area contributed by atoms with Gasteiger partial charge in [0.2, 0.25) is 6.20 Å². The van der Waals surface area contributed by atoms with Gasteiger partial charge in [0.25, 0.3) is 5.69 Å². The maximum absolute atomic E-state index is 11.0. The molecule has 102 valence electrons. The van der Waals surface area contributed by atoms with Crippen LogP contribution in [0.4, 0.5) is 5.69 Å². The van der Waals surface area contributed by atoms with E-state index in [-0.39, 0.29) is 17.0 Å². The second kappa shape index (κ2) is 5.80. The Labute approximate surface area is 108 Å². The molecule has 0 atom stereocenters. The van der Waals surface area contributed by atoms with E-state index in [1.54, 1.807) is 6.92 Å². The lowest BCUT2D eigenvalue weighted by Crippen LogP contribution is -2.00. The van der Waals surface area contributed by atoms with E-state index < -0.39 is 9.85 Å². The lowest BCUT2D eigenvalue weighted by atomic mass is 10.0. The molecular weight excluding hydrogens is 256 g/mol. The Balaban J connectivity index is 3.57. The van der Waals surface area contributed by atoms with Crippen LogP contribution < -0.4 is 9.47 Å². The van der Waals surface area contributed by atoms with Crippen LogP contribution in [0.15, 0.2) is 12.3 Å². The van der Waals surface area contributed by atoms with Gasteiger partial charge in [-0.05, 0) is 6.92 Å². The van der Waals surface area contributed by atoms with Crippen molar-refractivity contribution in [2.75, 3.05) is 14.2 Å². The highest BCUT2D eigenvalue weighted by Gasteiger charge is 2.22. The van der Waals surface area contributed by atoms with Crippen molar-refractivity contribution in [2.24, 2.45) is 0 Å². The van der Waals surface area contributed by atoms with Crippen LogP contribution in [0.2, 0.25) is 0 Å². The maximum Gasteiger partial charge on any atom is 0.281 e. The summed E-state index contributed by atoms with van der Waals surface area (Å²) in [6.07, 6.45) is 1.71. The molecule has 0 amide bonds. The highest BCUT2D eigenvalue weighted by Crippen LogP contribution is 2.39. The Bertz CT molecular complexity index is 553. The highest BCUT2D eigenvalue weighted by atomic mass is 16.6. The number of methoxy groups -OCH3 is 2. The van der Waals surface area contributed by atoms with E-state index in [1.165, 1.54) is 20.3 Å². The summed E-state index contributed by atoms with van der Waals surface area (Å²) in [5, 5.41) is 21.3. The zero-order chi connectivity index (χ0) is 14.6. The number of benzene rings is 1. The molecule has 0 radical (unpaired) electrons. The van der Waals surface area contributed by atoms with Crippen LogP contribution in [0.1, 0.15) is 11.1 Å². The van der Waals surface area contributed by atoms with Crippen molar-refractivity contribution in [3.8, 4) is 11.5 Å². The predicted octanol–water partition coefficient (Wildman–Crippen LogP) is 2.17. The third-order valence-electron chi connectivity index (χ3n) is 2.50. The third kappa shape index (κ3) is 2.97. The van der Waals surface area contributed by atoms with E-state index in [0.29, 0.717) is 17.5 Å². The quantitative estimate of drug-likeness (QED) is 0.598. The molecule has 0 N–H and O–H groups in total. The van der Waals surface area contributed by atoms with Gasteiger partial charge in [-0.1, -0.05) is 0 Å². The van der Waals surface area contributed by atoms with Gasteiger partial charge in [-0.25, -0.2) is 0 Å². The molecule has 0 saturated carbocycles. The Morgan fingerprint density at radius 2 is 1.84 bits per heavy atom. The molecule has 19 heavy (non-hydrogen) atoms. The van der Waals surface area contributed by atoms with Gasteiger partial charge >= 0.3 is 0 Å². The SMILES string of the molecule is COc1cc([N+](=O)[O-])c(/C=C/[N+](=O)[O-])c(C)c1OC. The zero-order valence-corrected chi connectivity index (χ0v) is 10.6. The monoisotopic (exact) mass is 268 g/mol. The highest BCUT2D eigenvalue weighted by molar-refractivity contribution is 5.70. The van der Waals surface area contributed by atoms with E-state index in [1.807, 2.05) is 0 Å². The molecule has 0 unspecified atom stereocenters. The van der Waals surface area contributed by atoms with Gasteiger partial charge in [-0.15, -0.1) is 0 Å². The van der Waals surface area contributed by atoms with Gasteiger partial charge in [0, 0.05) is 11.6 Å². The molecule has 8 nitrogen and oxygen atoms in total. The largest absolute Gasteiger partial charge is 0.493 e. The van der Waals surface area contributed by atoms with Crippen LogP contribution in [-0.2, 0) is 0 Å². The van der Waals surface area contributed by atoms with Crippen molar-refractivity contribution in [2.45, 2.75) is 6.92 Å². The summed E-state index contributed by atoms with van der Waals surface area (Å²) in [7, 11) is 2.74. The average Bonchev–Trinajstić information content (AvgIpc) is 2.35. The summed E-state index contributed by atoms with van der Waals surface area (Å²) < 4.78 is 10.1. The summed E-state index contributed by atoms with van der Waals surface area (Å²) in [5.74, 6) is 0.501. The third-order valence-corrected chi connectivity index (χ3v) is 2.50. The topological polar surface area (TPSA) is 105 Å². The fourth-order valence-electron chi connectivity index (χ4n) is 1.67. The average molecular weight is 268 g/mol. The van der Waals surface area contributed by atoms with Crippen molar-refractivity contribution in [3.63, 3.8) is 0 Å². The van der Waals surface area contributed by atoms with E-state index >= 15 is 0 Å². The molecule has 0 aromatic heterocycles. The Kier molecular flexibility index (Phi) is 4.41. The van der Waals surface area contributed by atoms with Crippen LogP contribution in [-0.4, -0.2) is 24.1 Å². The smallest absolute Gasteiger partial charge is 0.281 e. The molecule has 0 aliphatic rings. The predicted molar refractivity (Wildman–Crippen MR) is 67.0 cm³/mol. The molecule has 1 aromatic carbocycles. The van der Waals surface area contributed by atoms with Crippen LogP contribution in [0.25, 0.3) is 6.08 Å². The summed E-state index contributed by atoms with van der Waals surface area (Å²) >= 11 is 0. The van der Waals surface area contributed by atoms with Crippen molar-refractivity contribution < 1.29 is 19.3 Å². The number of ether oxygens (including phenoxy) is 2. The first kappa shape index (κ1) is 14.4. The van der Waals surface area contributed by atoms with Crippen molar-refractivity contribution in [1.29, 1.82) is 0 Å². The van der Waals surface area contributed by atoms with E-state index in [0.717, 1.165) is 6.08 Å².